The Labute approximate surface area is 123 Å². The second-order valence-electron chi connectivity index (χ2n) is 6.09. The van der Waals surface area contributed by atoms with E-state index in [1.807, 2.05) is 0 Å². The Kier molecular flexibility index (Phi) is 6.23. The summed E-state index contributed by atoms with van der Waals surface area (Å²) in [6.07, 6.45) is 9.46. The number of anilines is 1. The van der Waals surface area contributed by atoms with Gasteiger partial charge in [0.25, 0.3) is 0 Å². The zero-order valence-corrected chi connectivity index (χ0v) is 13.1. The van der Waals surface area contributed by atoms with E-state index in [2.05, 4.69) is 37.4 Å². The molecule has 0 radical (unpaired) electrons. The minimum atomic E-state index is 0.793. The molecular formula is C18H29NO. The summed E-state index contributed by atoms with van der Waals surface area (Å²) in [4.78, 5) is 0. The summed E-state index contributed by atoms with van der Waals surface area (Å²) in [5.41, 5.74) is 2.42. The molecule has 1 aromatic rings. The third-order valence-electron chi connectivity index (χ3n) is 4.15. The first-order valence-corrected chi connectivity index (χ1v) is 8.27. The molecule has 0 aliphatic heterocycles. The van der Waals surface area contributed by atoms with Crippen LogP contribution in [0.5, 0.6) is 5.75 Å². The van der Waals surface area contributed by atoms with E-state index < -0.39 is 0 Å². The van der Waals surface area contributed by atoms with Gasteiger partial charge in [0, 0.05) is 6.54 Å². The van der Waals surface area contributed by atoms with E-state index in [4.69, 9.17) is 4.74 Å². The molecule has 0 heterocycles. The lowest BCUT2D eigenvalue weighted by Crippen LogP contribution is -2.14. The van der Waals surface area contributed by atoms with Crippen molar-refractivity contribution in [1.82, 2.24) is 0 Å². The van der Waals surface area contributed by atoms with E-state index in [-0.39, 0.29) is 0 Å². The Morgan fingerprint density at radius 3 is 2.60 bits per heavy atom. The summed E-state index contributed by atoms with van der Waals surface area (Å²) < 4.78 is 5.87. The van der Waals surface area contributed by atoms with Gasteiger partial charge >= 0.3 is 0 Å². The molecule has 0 bridgehead atoms. The summed E-state index contributed by atoms with van der Waals surface area (Å²) >= 11 is 0. The molecule has 2 rings (SSSR count). The number of rotatable bonds is 6. The predicted octanol–water partition coefficient (Wildman–Crippen LogP) is 5.17. The van der Waals surface area contributed by atoms with Crippen LogP contribution >= 0.6 is 0 Å². The van der Waals surface area contributed by atoms with Gasteiger partial charge in [-0.05, 0) is 49.8 Å². The maximum atomic E-state index is 5.87. The lowest BCUT2D eigenvalue weighted by molar-refractivity contribution is 0.318. The number of hydrogen-bond acceptors (Lipinski definition) is 2. The Balaban J connectivity index is 1.93. The maximum absolute atomic E-state index is 5.87. The second kappa shape index (κ2) is 8.18. The van der Waals surface area contributed by atoms with E-state index in [1.165, 1.54) is 44.1 Å². The van der Waals surface area contributed by atoms with Crippen molar-refractivity contribution < 1.29 is 4.74 Å². The minimum Gasteiger partial charge on any atom is -0.491 e. The monoisotopic (exact) mass is 275 g/mol. The zero-order valence-electron chi connectivity index (χ0n) is 13.1. The van der Waals surface area contributed by atoms with Crippen molar-refractivity contribution in [2.24, 2.45) is 5.92 Å². The average molecular weight is 275 g/mol. The van der Waals surface area contributed by atoms with Crippen LogP contribution in [0, 0.1) is 12.8 Å². The molecule has 1 aliphatic rings. The smallest absolute Gasteiger partial charge is 0.142 e. The number of aryl methyl sites for hydroxylation is 1. The molecule has 2 nitrogen and oxygen atoms in total. The molecule has 0 aromatic heterocycles. The Morgan fingerprint density at radius 2 is 1.90 bits per heavy atom. The highest BCUT2D eigenvalue weighted by Crippen LogP contribution is 2.28. The van der Waals surface area contributed by atoms with Crippen molar-refractivity contribution in [3.8, 4) is 5.75 Å². The first kappa shape index (κ1) is 15.2. The minimum absolute atomic E-state index is 0.793. The molecule has 2 heteroatoms. The lowest BCUT2D eigenvalue weighted by Gasteiger charge is -2.18. The molecule has 1 fully saturated rings. The van der Waals surface area contributed by atoms with Crippen LogP contribution < -0.4 is 10.1 Å². The van der Waals surface area contributed by atoms with Gasteiger partial charge in [-0.1, -0.05) is 38.7 Å². The lowest BCUT2D eigenvalue weighted by atomic mass is 10.0. The molecule has 0 saturated heterocycles. The van der Waals surface area contributed by atoms with Gasteiger partial charge in [0.2, 0.25) is 0 Å². The summed E-state index contributed by atoms with van der Waals surface area (Å²) in [5, 5.41) is 3.62. The zero-order chi connectivity index (χ0) is 14.2. The quantitative estimate of drug-likeness (QED) is 0.723. The van der Waals surface area contributed by atoms with Crippen molar-refractivity contribution >= 4 is 5.69 Å². The van der Waals surface area contributed by atoms with Gasteiger partial charge in [-0.15, -0.1) is 0 Å². The molecule has 0 spiro atoms. The number of hydrogen-bond donors (Lipinski definition) is 1. The van der Waals surface area contributed by atoms with Crippen LogP contribution in [0.25, 0.3) is 0 Å². The molecule has 20 heavy (non-hydrogen) atoms. The van der Waals surface area contributed by atoms with Crippen LogP contribution in [-0.2, 0) is 0 Å². The fourth-order valence-corrected chi connectivity index (χ4v) is 2.93. The number of benzene rings is 1. The molecule has 1 aromatic carbocycles. The molecule has 0 unspecified atom stereocenters. The first-order valence-electron chi connectivity index (χ1n) is 8.27. The Morgan fingerprint density at radius 1 is 1.15 bits per heavy atom. The standard InChI is InChI=1S/C18H29NO/c1-3-12-20-18-13-15(2)10-11-17(18)19-14-16-8-6-4-5-7-9-16/h10-11,13,16,19H,3-9,12,14H2,1-2H3. The van der Waals surface area contributed by atoms with E-state index in [0.717, 1.165) is 36.9 Å². The number of ether oxygens (including phenoxy) is 1. The van der Waals surface area contributed by atoms with Gasteiger partial charge in [0.15, 0.2) is 0 Å². The topological polar surface area (TPSA) is 21.3 Å². The first-order chi connectivity index (χ1) is 9.79. The molecular weight excluding hydrogens is 246 g/mol. The van der Waals surface area contributed by atoms with Crippen LogP contribution in [0.1, 0.15) is 57.4 Å². The SMILES string of the molecule is CCCOc1cc(C)ccc1NCC1CCCCCC1. The summed E-state index contributed by atoms with van der Waals surface area (Å²) in [6.45, 7) is 6.15. The molecule has 112 valence electrons. The highest BCUT2D eigenvalue weighted by atomic mass is 16.5. The fraction of sp³-hybridized carbons (Fsp3) is 0.667. The molecule has 0 amide bonds. The van der Waals surface area contributed by atoms with Gasteiger partial charge in [0.1, 0.15) is 5.75 Å². The van der Waals surface area contributed by atoms with E-state index >= 15 is 0 Å². The van der Waals surface area contributed by atoms with Gasteiger partial charge < -0.3 is 10.1 Å². The van der Waals surface area contributed by atoms with Gasteiger partial charge in [-0.3, -0.25) is 0 Å². The van der Waals surface area contributed by atoms with Gasteiger partial charge in [-0.2, -0.15) is 0 Å². The Hall–Kier alpha value is -1.18. The van der Waals surface area contributed by atoms with Crippen molar-refractivity contribution in [2.45, 2.75) is 58.8 Å². The van der Waals surface area contributed by atoms with Crippen LogP contribution in [0.15, 0.2) is 18.2 Å². The largest absolute Gasteiger partial charge is 0.491 e. The summed E-state index contributed by atoms with van der Waals surface area (Å²) in [7, 11) is 0. The van der Waals surface area contributed by atoms with Crippen molar-refractivity contribution in [1.29, 1.82) is 0 Å². The highest BCUT2D eigenvalue weighted by molar-refractivity contribution is 5.57. The predicted molar refractivity (Wildman–Crippen MR) is 86.6 cm³/mol. The maximum Gasteiger partial charge on any atom is 0.142 e. The van der Waals surface area contributed by atoms with Crippen molar-refractivity contribution in [2.75, 3.05) is 18.5 Å². The van der Waals surface area contributed by atoms with Crippen molar-refractivity contribution in [3.63, 3.8) is 0 Å². The van der Waals surface area contributed by atoms with E-state index in [9.17, 15) is 0 Å². The second-order valence-corrected chi connectivity index (χ2v) is 6.09. The molecule has 1 saturated carbocycles. The van der Waals surface area contributed by atoms with Gasteiger partial charge in [-0.25, -0.2) is 0 Å². The summed E-state index contributed by atoms with van der Waals surface area (Å²) in [6, 6.07) is 6.47. The molecule has 1 N–H and O–H groups in total. The normalized spacial score (nSPS) is 16.7. The van der Waals surface area contributed by atoms with E-state index in [1.54, 1.807) is 0 Å². The third-order valence-corrected chi connectivity index (χ3v) is 4.15. The van der Waals surface area contributed by atoms with E-state index in [0.29, 0.717) is 0 Å². The number of nitrogens with one attached hydrogen (secondary N) is 1. The third kappa shape index (κ3) is 4.73. The molecule has 1 aliphatic carbocycles. The van der Waals surface area contributed by atoms with Gasteiger partial charge in [0.05, 0.1) is 12.3 Å². The highest BCUT2D eigenvalue weighted by Gasteiger charge is 2.13. The van der Waals surface area contributed by atoms with Crippen LogP contribution in [0.4, 0.5) is 5.69 Å². The van der Waals surface area contributed by atoms with Crippen LogP contribution in [-0.4, -0.2) is 13.2 Å². The van der Waals surface area contributed by atoms with Crippen LogP contribution in [0.2, 0.25) is 0 Å². The van der Waals surface area contributed by atoms with Crippen LogP contribution in [0.3, 0.4) is 0 Å². The van der Waals surface area contributed by atoms with Crippen molar-refractivity contribution in [3.05, 3.63) is 23.8 Å². The fourth-order valence-electron chi connectivity index (χ4n) is 2.93. The summed E-state index contributed by atoms with van der Waals surface area (Å²) in [5.74, 6) is 1.85. The Bertz CT molecular complexity index is 394. The molecule has 0 atom stereocenters. The average Bonchev–Trinajstić information content (AvgIpc) is 2.72.